The van der Waals surface area contributed by atoms with Gasteiger partial charge in [-0.2, -0.15) is 0 Å². The van der Waals surface area contributed by atoms with Gasteiger partial charge in [-0.25, -0.2) is 0 Å². The van der Waals surface area contributed by atoms with E-state index in [1.807, 2.05) is 6.92 Å². The van der Waals surface area contributed by atoms with Gasteiger partial charge in [0.05, 0.1) is 4.92 Å². The second-order valence-corrected chi connectivity index (χ2v) is 4.22. The molecule has 0 unspecified atom stereocenters. The highest BCUT2D eigenvalue weighted by atomic mass is 16.6. The number of ether oxygens (including phenoxy) is 1. The van der Waals surface area contributed by atoms with Gasteiger partial charge in [-0.05, 0) is 19.4 Å². The molecular formula is C13H16N2O5. The molecule has 0 spiro atoms. The summed E-state index contributed by atoms with van der Waals surface area (Å²) in [5, 5.41) is 13.2. The lowest BCUT2D eigenvalue weighted by atomic mass is 10.2. The summed E-state index contributed by atoms with van der Waals surface area (Å²) in [6.45, 7) is 3.03. The SMILES string of the molecule is CCCC(=O)OCC(=O)Nc1ccc(C)c([N+](=O)[O-])c1. The van der Waals surface area contributed by atoms with Crippen molar-refractivity contribution in [3.63, 3.8) is 0 Å². The minimum atomic E-state index is -0.535. The van der Waals surface area contributed by atoms with Crippen LogP contribution in [0.1, 0.15) is 25.3 Å². The maximum absolute atomic E-state index is 11.5. The van der Waals surface area contributed by atoms with Crippen molar-refractivity contribution in [1.82, 2.24) is 0 Å². The van der Waals surface area contributed by atoms with Crippen LogP contribution in [-0.2, 0) is 14.3 Å². The minimum absolute atomic E-state index is 0.0780. The Morgan fingerprint density at radius 3 is 2.70 bits per heavy atom. The van der Waals surface area contributed by atoms with Crippen LogP contribution < -0.4 is 5.32 Å². The average molecular weight is 280 g/mol. The van der Waals surface area contributed by atoms with Gasteiger partial charge in [0, 0.05) is 23.7 Å². The second-order valence-electron chi connectivity index (χ2n) is 4.22. The Hall–Kier alpha value is -2.44. The fraction of sp³-hybridized carbons (Fsp3) is 0.385. The topological polar surface area (TPSA) is 98.5 Å². The maximum atomic E-state index is 11.5. The summed E-state index contributed by atoms with van der Waals surface area (Å²) in [6.07, 6.45) is 0.897. The fourth-order valence-corrected chi connectivity index (χ4v) is 1.50. The first-order valence-electron chi connectivity index (χ1n) is 6.14. The summed E-state index contributed by atoms with van der Waals surface area (Å²) in [6, 6.07) is 4.35. The van der Waals surface area contributed by atoms with Crippen LogP contribution >= 0.6 is 0 Å². The molecule has 0 radical (unpaired) electrons. The number of benzene rings is 1. The molecule has 7 heteroatoms. The van der Waals surface area contributed by atoms with Gasteiger partial charge in [-0.3, -0.25) is 19.7 Å². The summed E-state index contributed by atoms with van der Waals surface area (Å²) < 4.78 is 4.73. The van der Waals surface area contributed by atoms with E-state index in [0.29, 0.717) is 17.7 Å². The van der Waals surface area contributed by atoms with Gasteiger partial charge in [-0.1, -0.05) is 13.0 Å². The van der Waals surface area contributed by atoms with Crippen LogP contribution in [0.5, 0.6) is 0 Å². The van der Waals surface area contributed by atoms with Gasteiger partial charge in [-0.15, -0.1) is 0 Å². The number of anilines is 1. The van der Waals surface area contributed by atoms with Crippen molar-refractivity contribution in [1.29, 1.82) is 0 Å². The predicted octanol–water partition coefficient (Wildman–Crippen LogP) is 2.19. The van der Waals surface area contributed by atoms with E-state index in [4.69, 9.17) is 4.74 Å². The molecule has 1 aromatic carbocycles. The summed E-state index contributed by atoms with van der Waals surface area (Å²) >= 11 is 0. The lowest BCUT2D eigenvalue weighted by molar-refractivity contribution is -0.385. The number of nitrogens with zero attached hydrogens (tertiary/aromatic N) is 1. The molecule has 7 nitrogen and oxygen atoms in total. The van der Waals surface area contributed by atoms with Gasteiger partial charge in [0.15, 0.2) is 6.61 Å². The zero-order valence-corrected chi connectivity index (χ0v) is 11.3. The number of esters is 1. The molecule has 0 aromatic heterocycles. The van der Waals surface area contributed by atoms with Crippen molar-refractivity contribution >= 4 is 23.3 Å². The number of hydrogen-bond donors (Lipinski definition) is 1. The second kappa shape index (κ2) is 7.22. The number of nitro groups is 1. The molecule has 0 saturated carbocycles. The normalized spacial score (nSPS) is 9.90. The first kappa shape index (κ1) is 15.6. The third-order valence-electron chi connectivity index (χ3n) is 2.51. The Kier molecular flexibility index (Phi) is 5.64. The lowest BCUT2D eigenvalue weighted by Gasteiger charge is -2.07. The number of amides is 1. The molecule has 0 saturated heterocycles. The van der Waals surface area contributed by atoms with Crippen molar-refractivity contribution < 1.29 is 19.2 Å². The molecule has 1 rings (SSSR count). The van der Waals surface area contributed by atoms with E-state index in [-0.39, 0.29) is 12.1 Å². The summed E-state index contributed by atoms with van der Waals surface area (Å²) in [5.74, 6) is -0.981. The van der Waals surface area contributed by atoms with Crippen molar-refractivity contribution in [2.24, 2.45) is 0 Å². The Labute approximate surface area is 116 Å². The van der Waals surface area contributed by atoms with Crippen molar-refractivity contribution in [2.75, 3.05) is 11.9 Å². The zero-order chi connectivity index (χ0) is 15.1. The van der Waals surface area contributed by atoms with Crippen LogP contribution in [-0.4, -0.2) is 23.4 Å². The molecule has 0 aliphatic heterocycles. The average Bonchev–Trinajstić information content (AvgIpc) is 2.39. The van der Waals surface area contributed by atoms with Crippen LogP contribution in [0.25, 0.3) is 0 Å². The minimum Gasteiger partial charge on any atom is -0.456 e. The van der Waals surface area contributed by atoms with Gasteiger partial charge >= 0.3 is 5.97 Å². The first-order chi connectivity index (χ1) is 9.43. The standard InChI is InChI=1S/C13H16N2O5/c1-3-4-13(17)20-8-12(16)14-10-6-5-9(2)11(7-10)15(18)19/h5-7H,3-4,8H2,1-2H3,(H,14,16). The number of carbonyl (C=O) groups excluding carboxylic acids is 2. The third kappa shape index (κ3) is 4.68. The fourth-order valence-electron chi connectivity index (χ4n) is 1.50. The van der Waals surface area contributed by atoms with E-state index in [1.54, 1.807) is 13.0 Å². The molecule has 0 bridgehead atoms. The first-order valence-corrected chi connectivity index (χ1v) is 6.14. The van der Waals surface area contributed by atoms with Crippen LogP contribution in [0.15, 0.2) is 18.2 Å². The van der Waals surface area contributed by atoms with Crippen LogP contribution in [0.4, 0.5) is 11.4 Å². The Balaban J connectivity index is 2.60. The zero-order valence-electron chi connectivity index (χ0n) is 11.3. The number of aryl methyl sites for hydroxylation is 1. The summed E-state index contributed by atoms with van der Waals surface area (Å²) in [5.41, 5.74) is 0.715. The largest absolute Gasteiger partial charge is 0.456 e. The van der Waals surface area contributed by atoms with E-state index in [0.717, 1.165) is 0 Å². The molecule has 108 valence electrons. The van der Waals surface area contributed by atoms with Crippen LogP contribution in [0.3, 0.4) is 0 Å². The smallest absolute Gasteiger partial charge is 0.306 e. The van der Waals surface area contributed by atoms with E-state index in [2.05, 4.69) is 5.32 Å². The number of carbonyl (C=O) groups is 2. The molecule has 20 heavy (non-hydrogen) atoms. The molecule has 0 aliphatic carbocycles. The maximum Gasteiger partial charge on any atom is 0.306 e. The highest BCUT2D eigenvalue weighted by Gasteiger charge is 2.13. The van der Waals surface area contributed by atoms with E-state index >= 15 is 0 Å². The molecule has 1 aromatic rings. The number of hydrogen-bond acceptors (Lipinski definition) is 5. The molecule has 0 aliphatic rings. The van der Waals surface area contributed by atoms with Gasteiger partial charge in [0.25, 0.3) is 11.6 Å². The number of nitrogens with one attached hydrogen (secondary N) is 1. The molecule has 0 heterocycles. The third-order valence-corrected chi connectivity index (χ3v) is 2.51. The molecule has 0 fully saturated rings. The number of rotatable bonds is 6. The molecular weight excluding hydrogens is 264 g/mol. The molecule has 0 atom stereocenters. The van der Waals surface area contributed by atoms with Gasteiger partial charge < -0.3 is 10.1 Å². The van der Waals surface area contributed by atoms with Crippen molar-refractivity contribution in [3.8, 4) is 0 Å². The predicted molar refractivity (Wildman–Crippen MR) is 72.3 cm³/mol. The monoisotopic (exact) mass is 280 g/mol. The van der Waals surface area contributed by atoms with Gasteiger partial charge in [0.2, 0.25) is 0 Å². The van der Waals surface area contributed by atoms with Crippen LogP contribution in [0.2, 0.25) is 0 Å². The Bertz CT molecular complexity index is 527. The number of nitro benzene ring substituents is 1. The van der Waals surface area contributed by atoms with Crippen LogP contribution in [0, 0.1) is 17.0 Å². The summed E-state index contributed by atoms with van der Waals surface area (Å²) in [7, 11) is 0. The quantitative estimate of drug-likeness (QED) is 0.489. The molecule has 1 N–H and O–H groups in total. The van der Waals surface area contributed by atoms with Crippen molar-refractivity contribution in [3.05, 3.63) is 33.9 Å². The highest BCUT2D eigenvalue weighted by Crippen LogP contribution is 2.22. The van der Waals surface area contributed by atoms with E-state index in [1.165, 1.54) is 12.1 Å². The van der Waals surface area contributed by atoms with E-state index < -0.39 is 23.4 Å². The Morgan fingerprint density at radius 1 is 1.40 bits per heavy atom. The van der Waals surface area contributed by atoms with E-state index in [9.17, 15) is 19.7 Å². The molecule has 1 amide bonds. The lowest BCUT2D eigenvalue weighted by Crippen LogP contribution is -2.20. The summed E-state index contributed by atoms with van der Waals surface area (Å²) in [4.78, 5) is 32.9. The van der Waals surface area contributed by atoms with Crippen molar-refractivity contribution in [2.45, 2.75) is 26.7 Å². The highest BCUT2D eigenvalue weighted by molar-refractivity contribution is 5.93. The Morgan fingerprint density at radius 2 is 2.10 bits per heavy atom. The van der Waals surface area contributed by atoms with Gasteiger partial charge in [0.1, 0.15) is 0 Å².